The highest BCUT2D eigenvalue weighted by Gasteiger charge is 2.19. The molecule has 0 radical (unpaired) electrons. The van der Waals surface area contributed by atoms with Crippen LogP contribution in [0.2, 0.25) is 0 Å². The van der Waals surface area contributed by atoms with Crippen molar-refractivity contribution in [2.75, 3.05) is 36.5 Å². The Morgan fingerprint density at radius 3 is 2.58 bits per heavy atom. The van der Waals surface area contributed by atoms with E-state index in [9.17, 15) is 9.59 Å². The van der Waals surface area contributed by atoms with E-state index in [0.717, 1.165) is 24.5 Å². The number of nitrogens with one attached hydrogen (secondary N) is 1. The summed E-state index contributed by atoms with van der Waals surface area (Å²) in [6, 6.07) is 9.00. The number of anilines is 2. The molecule has 1 amide bonds. The van der Waals surface area contributed by atoms with Crippen LogP contribution in [0.3, 0.4) is 0 Å². The molecular formula is C18H20N2O4. The van der Waals surface area contributed by atoms with Gasteiger partial charge in [-0.15, -0.1) is 0 Å². The van der Waals surface area contributed by atoms with Crippen molar-refractivity contribution in [1.29, 1.82) is 0 Å². The van der Waals surface area contributed by atoms with Crippen molar-refractivity contribution in [3.05, 3.63) is 57.6 Å². The molecule has 6 nitrogen and oxygen atoms in total. The van der Waals surface area contributed by atoms with E-state index in [1.807, 2.05) is 24.3 Å². The van der Waals surface area contributed by atoms with Crippen LogP contribution in [0.15, 0.2) is 39.5 Å². The largest absolute Gasteiger partial charge is 0.427 e. The van der Waals surface area contributed by atoms with Gasteiger partial charge < -0.3 is 19.4 Å². The van der Waals surface area contributed by atoms with Crippen LogP contribution in [0, 0.1) is 13.8 Å². The lowest BCUT2D eigenvalue weighted by Crippen LogP contribution is -2.36. The number of benzene rings is 1. The van der Waals surface area contributed by atoms with Crippen LogP contribution in [0.25, 0.3) is 0 Å². The molecule has 1 N–H and O–H groups in total. The van der Waals surface area contributed by atoms with Gasteiger partial charge in [-0.2, -0.15) is 0 Å². The van der Waals surface area contributed by atoms with Crippen LogP contribution in [-0.4, -0.2) is 32.2 Å². The first-order valence-electron chi connectivity index (χ1n) is 7.90. The Bertz CT molecular complexity index is 781. The Morgan fingerprint density at radius 1 is 1.17 bits per heavy atom. The van der Waals surface area contributed by atoms with Crippen LogP contribution in [-0.2, 0) is 4.74 Å². The number of aryl methyl sites for hydroxylation is 2. The molecule has 0 unspecified atom stereocenters. The van der Waals surface area contributed by atoms with Gasteiger partial charge in [-0.05, 0) is 31.5 Å². The molecule has 6 heteroatoms. The summed E-state index contributed by atoms with van der Waals surface area (Å²) >= 11 is 0. The van der Waals surface area contributed by atoms with Gasteiger partial charge in [-0.25, -0.2) is 4.79 Å². The zero-order valence-corrected chi connectivity index (χ0v) is 13.8. The summed E-state index contributed by atoms with van der Waals surface area (Å²) < 4.78 is 10.4. The zero-order chi connectivity index (χ0) is 17.1. The van der Waals surface area contributed by atoms with Gasteiger partial charge in [-0.1, -0.05) is 12.1 Å². The minimum Gasteiger partial charge on any atom is -0.427 e. The molecule has 1 saturated heterocycles. The van der Waals surface area contributed by atoms with E-state index < -0.39 is 5.63 Å². The average Bonchev–Trinajstić information content (AvgIpc) is 2.55. The molecule has 126 valence electrons. The topological polar surface area (TPSA) is 71.8 Å². The fourth-order valence-electron chi connectivity index (χ4n) is 2.94. The summed E-state index contributed by atoms with van der Waals surface area (Å²) in [7, 11) is 0. The van der Waals surface area contributed by atoms with Crippen molar-refractivity contribution in [3.8, 4) is 0 Å². The van der Waals surface area contributed by atoms with E-state index in [-0.39, 0.29) is 5.91 Å². The summed E-state index contributed by atoms with van der Waals surface area (Å²) in [4.78, 5) is 26.3. The third-order valence-corrected chi connectivity index (χ3v) is 4.07. The Labute approximate surface area is 140 Å². The summed E-state index contributed by atoms with van der Waals surface area (Å²) in [5, 5.41) is 2.94. The standard InChI is InChI=1S/C18H20N2O4/c1-12-11-16(21)24-13(2)17(12)18(22)19-14-5-3-4-6-15(14)20-7-9-23-10-8-20/h3-6,11H,7-10H2,1-2H3,(H,19,22). The molecule has 0 saturated carbocycles. The van der Waals surface area contributed by atoms with Crippen LogP contribution in [0.5, 0.6) is 0 Å². The highest BCUT2D eigenvalue weighted by molar-refractivity contribution is 6.07. The molecule has 1 aromatic heterocycles. The van der Waals surface area contributed by atoms with Crippen molar-refractivity contribution in [1.82, 2.24) is 0 Å². The van der Waals surface area contributed by atoms with Gasteiger partial charge in [0, 0.05) is 19.2 Å². The van der Waals surface area contributed by atoms with Gasteiger partial charge in [-0.3, -0.25) is 4.79 Å². The quantitative estimate of drug-likeness (QED) is 0.936. The van der Waals surface area contributed by atoms with E-state index in [4.69, 9.17) is 9.15 Å². The number of amides is 1. The molecule has 3 rings (SSSR count). The van der Waals surface area contributed by atoms with Gasteiger partial charge >= 0.3 is 5.63 Å². The van der Waals surface area contributed by atoms with Crippen LogP contribution >= 0.6 is 0 Å². The number of nitrogens with zero attached hydrogens (tertiary/aromatic N) is 1. The number of carbonyl (C=O) groups is 1. The lowest BCUT2D eigenvalue weighted by molar-refractivity contribution is 0.102. The molecule has 2 aromatic rings. The van der Waals surface area contributed by atoms with E-state index >= 15 is 0 Å². The first-order chi connectivity index (χ1) is 11.6. The molecule has 0 bridgehead atoms. The highest BCUT2D eigenvalue weighted by Crippen LogP contribution is 2.27. The highest BCUT2D eigenvalue weighted by atomic mass is 16.5. The zero-order valence-electron chi connectivity index (χ0n) is 13.8. The second-order valence-corrected chi connectivity index (χ2v) is 5.75. The number of hydrogen-bond acceptors (Lipinski definition) is 5. The maximum absolute atomic E-state index is 12.7. The third kappa shape index (κ3) is 3.33. The third-order valence-electron chi connectivity index (χ3n) is 4.07. The molecule has 2 heterocycles. The maximum atomic E-state index is 12.7. The minimum atomic E-state index is -0.449. The maximum Gasteiger partial charge on any atom is 0.336 e. The normalized spacial score (nSPS) is 14.5. The van der Waals surface area contributed by atoms with Gasteiger partial charge in [0.15, 0.2) is 0 Å². The fraction of sp³-hybridized carbons (Fsp3) is 0.333. The number of para-hydroxylation sites is 2. The SMILES string of the molecule is Cc1cc(=O)oc(C)c1C(=O)Nc1ccccc1N1CCOCC1. The number of morpholine rings is 1. The Kier molecular flexibility index (Phi) is 4.66. The van der Waals surface area contributed by atoms with E-state index in [1.54, 1.807) is 13.8 Å². The van der Waals surface area contributed by atoms with Crippen molar-refractivity contribution in [3.63, 3.8) is 0 Å². The molecule has 0 spiro atoms. The second kappa shape index (κ2) is 6.88. The van der Waals surface area contributed by atoms with Crippen molar-refractivity contribution in [2.24, 2.45) is 0 Å². The minimum absolute atomic E-state index is 0.283. The predicted octanol–water partition coefficient (Wildman–Crippen LogP) is 2.35. The number of ether oxygens (including phenoxy) is 1. The van der Waals surface area contributed by atoms with Crippen molar-refractivity contribution >= 4 is 17.3 Å². The summed E-state index contributed by atoms with van der Waals surface area (Å²) in [5.41, 5.74) is 2.24. The number of hydrogen-bond donors (Lipinski definition) is 1. The van der Waals surface area contributed by atoms with Gasteiger partial charge in [0.05, 0.1) is 30.2 Å². The van der Waals surface area contributed by atoms with E-state index in [0.29, 0.717) is 30.1 Å². The summed E-state index contributed by atoms with van der Waals surface area (Å²) in [6.45, 7) is 6.26. The molecule has 1 fully saturated rings. The molecule has 1 aromatic carbocycles. The molecule has 0 aliphatic carbocycles. The summed E-state index contributed by atoms with van der Waals surface area (Å²) in [5.74, 6) is 0.0378. The first kappa shape index (κ1) is 16.3. The van der Waals surface area contributed by atoms with Crippen molar-refractivity contribution < 1.29 is 13.9 Å². The van der Waals surface area contributed by atoms with E-state index in [1.165, 1.54) is 6.07 Å². The molecule has 0 atom stereocenters. The summed E-state index contributed by atoms with van der Waals surface area (Å²) in [6.07, 6.45) is 0. The van der Waals surface area contributed by atoms with Crippen LogP contribution in [0.1, 0.15) is 21.7 Å². The smallest absolute Gasteiger partial charge is 0.336 e. The van der Waals surface area contributed by atoms with Gasteiger partial charge in [0.25, 0.3) is 5.91 Å². The molecule has 24 heavy (non-hydrogen) atoms. The van der Waals surface area contributed by atoms with Gasteiger partial charge in [0.1, 0.15) is 5.76 Å². The first-order valence-corrected chi connectivity index (χ1v) is 7.90. The monoisotopic (exact) mass is 328 g/mol. The van der Waals surface area contributed by atoms with Crippen LogP contribution in [0.4, 0.5) is 11.4 Å². The van der Waals surface area contributed by atoms with Gasteiger partial charge in [0.2, 0.25) is 0 Å². The Balaban J connectivity index is 1.89. The van der Waals surface area contributed by atoms with Crippen molar-refractivity contribution in [2.45, 2.75) is 13.8 Å². The lowest BCUT2D eigenvalue weighted by Gasteiger charge is -2.30. The fourth-order valence-corrected chi connectivity index (χ4v) is 2.94. The average molecular weight is 328 g/mol. The Morgan fingerprint density at radius 2 is 1.88 bits per heavy atom. The predicted molar refractivity (Wildman–Crippen MR) is 91.9 cm³/mol. The van der Waals surface area contributed by atoms with Crippen LogP contribution < -0.4 is 15.8 Å². The molecular weight excluding hydrogens is 308 g/mol. The lowest BCUT2D eigenvalue weighted by atomic mass is 10.1. The van der Waals surface area contributed by atoms with E-state index in [2.05, 4.69) is 10.2 Å². The Hall–Kier alpha value is -2.60. The second-order valence-electron chi connectivity index (χ2n) is 5.75. The molecule has 1 aliphatic heterocycles. The number of rotatable bonds is 3. The molecule has 1 aliphatic rings. The number of carbonyl (C=O) groups excluding carboxylic acids is 1.